The molecule has 7 nitrogen and oxygen atoms in total. The van der Waals surface area contributed by atoms with Crippen molar-refractivity contribution in [2.24, 2.45) is 10.4 Å². The Balaban J connectivity index is 2.25. The number of carbonyl (C=O) groups is 1. The van der Waals surface area contributed by atoms with Gasteiger partial charge in [-0.3, -0.25) is 14.5 Å². The molecule has 0 fully saturated rings. The molecule has 0 bridgehead atoms. The lowest BCUT2D eigenvalue weighted by Crippen LogP contribution is -2.43. The van der Waals surface area contributed by atoms with Crippen molar-refractivity contribution < 1.29 is 4.79 Å². The number of guanidine groups is 1. The fourth-order valence-corrected chi connectivity index (χ4v) is 1.82. The van der Waals surface area contributed by atoms with Gasteiger partial charge in [-0.2, -0.15) is 5.10 Å². The van der Waals surface area contributed by atoms with Crippen molar-refractivity contribution >= 4 is 11.9 Å². The first kappa shape index (κ1) is 19.0. The van der Waals surface area contributed by atoms with E-state index in [0.29, 0.717) is 13.1 Å². The predicted octanol–water partition coefficient (Wildman–Crippen LogP) is 0.991. The topological polar surface area (TPSA) is 83.3 Å². The fraction of sp³-hybridized carbons (Fsp3) is 0.688. The highest BCUT2D eigenvalue weighted by atomic mass is 16.2. The minimum Gasteiger partial charge on any atom is -0.357 e. The lowest BCUT2D eigenvalue weighted by molar-refractivity contribution is -0.128. The van der Waals surface area contributed by atoms with Crippen LogP contribution in [0.25, 0.3) is 0 Å². The summed E-state index contributed by atoms with van der Waals surface area (Å²) in [6.45, 7) is 11.4. The molecule has 0 aromatic carbocycles. The minimum atomic E-state index is -0.356. The second-order valence-electron chi connectivity index (χ2n) is 6.32. The van der Waals surface area contributed by atoms with Gasteiger partial charge in [-0.25, -0.2) is 0 Å². The molecular formula is C16H30N6O. The van der Waals surface area contributed by atoms with Gasteiger partial charge in [-0.15, -0.1) is 0 Å². The van der Waals surface area contributed by atoms with Crippen LogP contribution >= 0.6 is 0 Å². The van der Waals surface area contributed by atoms with Gasteiger partial charge in [0.05, 0.1) is 0 Å². The van der Waals surface area contributed by atoms with E-state index >= 15 is 0 Å². The highest BCUT2D eigenvalue weighted by Gasteiger charge is 2.20. The summed E-state index contributed by atoms with van der Waals surface area (Å²) in [5.41, 5.74) is -0.356. The highest BCUT2D eigenvalue weighted by molar-refractivity contribution is 5.81. The molecule has 0 saturated carbocycles. The van der Waals surface area contributed by atoms with Crippen LogP contribution in [0.4, 0.5) is 0 Å². The molecule has 1 rings (SSSR count). The fourth-order valence-electron chi connectivity index (χ4n) is 1.82. The molecule has 130 valence electrons. The molecule has 0 aliphatic rings. The molecule has 0 saturated heterocycles. The molecule has 1 heterocycles. The largest absolute Gasteiger partial charge is 0.357 e. The van der Waals surface area contributed by atoms with E-state index < -0.39 is 0 Å². The number of rotatable bonds is 8. The number of aryl methyl sites for hydroxylation is 1. The van der Waals surface area contributed by atoms with E-state index in [-0.39, 0.29) is 11.3 Å². The van der Waals surface area contributed by atoms with Crippen LogP contribution < -0.4 is 16.0 Å². The Bertz CT molecular complexity index is 475. The van der Waals surface area contributed by atoms with Gasteiger partial charge in [0.15, 0.2) is 5.96 Å². The van der Waals surface area contributed by atoms with E-state index in [0.717, 1.165) is 32.0 Å². The molecule has 0 radical (unpaired) electrons. The molecule has 1 aromatic heterocycles. The number of hydrogen-bond acceptors (Lipinski definition) is 3. The maximum absolute atomic E-state index is 11.8. The molecule has 0 unspecified atom stereocenters. The van der Waals surface area contributed by atoms with Crippen LogP contribution in [0.15, 0.2) is 23.5 Å². The standard InChI is InChI=1S/C16H30N6O/c1-5-17-15(19-8-6-12-22-13-7-9-21-22)20-11-10-18-14(23)16(2,3)4/h7,9,13H,5-6,8,10-12H2,1-4H3,(H,18,23)(H2,17,19,20). The summed E-state index contributed by atoms with van der Waals surface area (Å²) < 4.78 is 1.90. The molecule has 1 aromatic rings. The molecule has 1 amide bonds. The molecule has 7 heteroatoms. The lowest BCUT2D eigenvalue weighted by Gasteiger charge is -2.18. The molecule has 0 aliphatic heterocycles. The first-order valence-electron chi connectivity index (χ1n) is 8.21. The highest BCUT2D eigenvalue weighted by Crippen LogP contribution is 2.11. The molecule has 0 atom stereocenters. The Labute approximate surface area is 138 Å². The Morgan fingerprint density at radius 2 is 1.96 bits per heavy atom. The average Bonchev–Trinajstić information content (AvgIpc) is 2.99. The van der Waals surface area contributed by atoms with Crippen molar-refractivity contribution in [2.45, 2.75) is 40.7 Å². The second-order valence-corrected chi connectivity index (χ2v) is 6.32. The van der Waals surface area contributed by atoms with Gasteiger partial charge in [-0.1, -0.05) is 20.8 Å². The monoisotopic (exact) mass is 322 g/mol. The van der Waals surface area contributed by atoms with Gasteiger partial charge in [-0.05, 0) is 19.4 Å². The quantitative estimate of drug-likeness (QED) is 0.379. The van der Waals surface area contributed by atoms with E-state index in [2.05, 4.69) is 26.0 Å². The number of amides is 1. The summed E-state index contributed by atoms with van der Waals surface area (Å²) in [5, 5.41) is 13.5. The molecule has 0 spiro atoms. The van der Waals surface area contributed by atoms with Crippen LogP contribution in [-0.2, 0) is 11.3 Å². The first-order valence-corrected chi connectivity index (χ1v) is 8.21. The molecule has 0 aliphatic carbocycles. The summed E-state index contributed by atoms with van der Waals surface area (Å²) in [4.78, 5) is 16.3. The van der Waals surface area contributed by atoms with Crippen LogP contribution in [-0.4, -0.2) is 47.8 Å². The Morgan fingerprint density at radius 3 is 2.57 bits per heavy atom. The number of nitrogens with zero attached hydrogens (tertiary/aromatic N) is 3. The van der Waals surface area contributed by atoms with E-state index in [1.807, 2.05) is 44.6 Å². The average molecular weight is 322 g/mol. The molecule has 3 N–H and O–H groups in total. The predicted molar refractivity (Wildman–Crippen MR) is 93.3 cm³/mol. The third kappa shape index (κ3) is 8.23. The number of aromatic nitrogens is 2. The van der Waals surface area contributed by atoms with Crippen molar-refractivity contribution in [3.63, 3.8) is 0 Å². The first-order chi connectivity index (χ1) is 10.9. The van der Waals surface area contributed by atoms with Crippen LogP contribution in [0.5, 0.6) is 0 Å². The van der Waals surface area contributed by atoms with Gasteiger partial charge in [0.1, 0.15) is 0 Å². The van der Waals surface area contributed by atoms with Gasteiger partial charge in [0, 0.05) is 50.5 Å². The lowest BCUT2D eigenvalue weighted by atomic mass is 9.96. The Kier molecular flexibility index (Phi) is 8.15. The SMILES string of the molecule is CCNC(=NCCCn1cccn1)NCCNC(=O)C(C)(C)C. The number of aliphatic imine (C=N–C) groups is 1. The van der Waals surface area contributed by atoms with E-state index in [9.17, 15) is 4.79 Å². The summed E-state index contributed by atoms with van der Waals surface area (Å²) in [6.07, 6.45) is 4.66. The molecule has 23 heavy (non-hydrogen) atoms. The normalized spacial score (nSPS) is 12.1. The van der Waals surface area contributed by atoms with E-state index in [4.69, 9.17) is 0 Å². The minimum absolute atomic E-state index is 0.0560. The van der Waals surface area contributed by atoms with Gasteiger partial charge >= 0.3 is 0 Å². The third-order valence-electron chi connectivity index (χ3n) is 3.10. The van der Waals surface area contributed by atoms with E-state index in [1.165, 1.54) is 0 Å². The number of nitrogens with one attached hydrogen (secondary N) is 3. The van der Waals surface area contributed by atoms with Crippen molar-refractivity contribution in [1.82, 2.24) is 25.7 Å². The van der Waals surface area contributed by atoms with Crippen LogP contribution in [0.1, 0.15) is 34.1 Å². The smallest absolute Gasteiger partial charge is 0.225 e. The van der Waals surface area contributed by atoms with Gasteiger partial charge in [0.2, 0.25) is 5.91 Å². The zero-order valence-corrected chi connectivity index (χ0v) is 14.7. The zero-order valence-electron chi connectivity index (χ0n) is 14.7. The van der Waals surface area contributed by atoms with Crippen LogP contribution in [0, 0.1) is 5.41 Å². The zero-order chi connectivity index (χ0) is 17.1. The van der Waals surface area contributed by atoms with E-state index in [1.54, 1.807) is 6.20 Å². The molecular weight excluding hydrogens is 292 g/mol. The van der Waals surface area contributed by atoms with Gasteiger partial charge in [0.25, 0.3) is 0 Å². The maximum Gasteiger partial charge on any atom is 0.225 e. The Morgan fingerprint density at radius 1 is 1.22 bits per heavy atom. The number of carbonyl (C=O) groups excluding carboxylic acids is 1. The summed E-state index contributed by atoms with van der Waals surface area (Å²) in [6, 6.07) is 1.92. The Hall–Kier alpha value is -2.05. The number of hydrogen-bond donors (Lipinski definition) is 3. The van der Waals surface area contributed by atoms with Crippen molar-refractivity contribution in [2.75, 3.05) is 26.2 Å². The second kappa shape index (κ2) is 9.86. The van der Waals surface area contributed by atoms with Crippen molar-refractivity contribution in [3.8, 4) is 0 Å². The van der Waals surface area contributed by atoms with Crippen molar-refractivity contribution in [3.05, 3.63) is 18.5 Å². The third-order valence-corrected chi connectivity index (χ3v) is 3.10. The van der Waals surface area contributed by atoms with Crippen LogP contribution in [0.3, 0.4) is 0 Å². The summed E-state index contributed by atoms with van der Waals surface area (Å²) >= 11 is 0. The van der Waals surface area contributed by atoms with Crippen molar-refractivity contribution in [1.29, 1.82) is 0 Å². The van der Waals surface area contributed by atoms with Crippen LogP contribution in [0.2, 0.25) is 0 Å². The summed E-state index contributed by atoms with van der Waals surface area (Å²) in [5.74, 6) is 0.832. The maximum atomic E-state index is 11.8. The van der Waals surface area contributed by atoms with Gasteiger partial charge < -0.3 is 16.0 Å². The summed E-state index contributed by atoms with van der Waals surface area (Å²) in [7, 11) is 0.